The van der Waals surface area contributed by atoms with Gasteiger partial charge >= 0.3 is 6.18 Å². The molecule has 0 radical (unpaired) electrons. The van der Waals surface area contributed by atoms with Crippen LogP contribution in [0.1, 0.15) is 31.5 Å². The first-order valence-electron chi connectivity index (χ1n) is 9.69. The molecule has 1 fully saturated rings. The fraction of sp³-hybridized carbons (Fsp3) is 0.476. The van der Waals surface area contributed by atoms with Crippen LogP contribution in [0.15, 0.2) is 30.3 Å². The van der Waals surface area contributed by atoms with Gasteiger partial charge in [0.1, 0.15) is 5.82 Å². The summed E-state index contributed by atoms with van der Waals surface area (Å²) in [6.45, 7) is 8.30. The molecule has 0 bridgehead atoms. The van der Waals surface area contributed by atoms with Crippen molar-refractivity contribution >= 4 is 11.7 Å². The number of amides is 1. The lowest BCUT2D eigenvalue weighted by Crippen LogP contribution is -2.49. The minimum absolute atomic E-state index is 0.156. The van der Waals surface area contributed by atoms with Gasteiger partial charge in [0.2, 0.25) is 5.91 Å². The Morgan fingerprint density at radius 2 is 1.79 bits per heavy atom. The second-order valence-electron chi connectivity index (χ2n) is 7.74. The van der Waals surface area contributed by atoms with Gasteiger partial charge in [-0.25, -0.2) is 9.97 Å². The molecule has 3 rings (SSSR count). The maximum atomic E-state index is 13.0. The Kier molecular flexibility index (Phi) is 6.10. The first-order chi connectivity index (χ1) is 13.6. The second kappa shape index (κ2) is 8.39. The summed E-state index contributed by atoms with van der Waals surface area (Å²) in [6, 6.07) is 6.87. The highest BCUT2D eigenvalue weighted by Gasteiger charge is 2.30. The molecule has 1 aliphatic heterocycles. The normalized spacial score (nSPS) is 15.1. The van der Waals surface area contributed by atoms with Crippen LogP contribution >= 0.6 is 0 Å². The van der Waals surface area contributed by atoms with Crippen molar-refractivity contribution < 1.29 is 18.0 Å². The van der Waals surface area contributed by atoms with Crippen molar-refractivity contribution in [3.63, 3.8) is 0 Å². The van der Waals surface area contributed by atoms with Crippen molar-refractivity contribution in [1.82, 2.24) is 14.9 Å². The largest absolute Gasteiger partial charge is 0.416 e. The van der Waals surface area contributed by atoms with Crippen molar-refractivity contribution in [3.8, 4) is 11.4 Å². The van der Waals surface area contributed by atoms with Gasteiger partial charge in [-0.2, -0.15) is 13.2 Å². The number of hydrogen-bond acceptors (Lipinski definition) is 4. The first-order valence-corrected chi connectivity index (χ1v) is 9.69. The quantitative estimate of drug-likeness (QED) is 0.765. The SMILES string of the molecule is Cc1cc(N2CCN(C(=O)CC(C)C)CC2)nc(-c2cccc(C(F)(F)F)c2)n1. The smallest absolute Gasteiger partial charge is 0.353 e. The highest BCUT2D eigenvalue weighted by molar-refractivity contribution is 5.76. The number of halogens is 3. The molecule has 2 aromatic rings. The summed E-state index contributed by atoms with van der Waals surface area (Å²) in [5, 5.41) is 0. The third-order valence-corrected chi connectivity index (χ3v) is 4.83. The topological polar surface area (TPSA) is 49.3 Å². The van der Waals surface area contributed by atoms with Crippen LogP contribution in [0.3, 0.4) is 0 Å². The second-order valence-corrected chi connectivity index (χ2v) is 7.74. The molecular weight excluding hydrogens is 381 g/mol. The van der Waals surface area contributed by atoms with Crippen molar-refractivity contribution in [2.75, 3.05) is 31.1 Å². The number of nitrogens with zero attached hydrogens (tertiary/aromatic N) is 4. The molecule has 29 heavy (non-hydrogen) atoms. The number of benzene rings is 1. The van der Waals surface area contributed by atoms with E-state index >= 15 is 0 Å². The highest BCUT2D eigenvalue weighted by Crippen LogP contribution is 2.32. The van der Waals surface area contributed by atoms with Crippen molar-refractivity contribution in [2.45, 2.75) is 33.4 Å². The zero-order valence-electron chi connectivity index (χ0n) is 16.8. The van der Waals surface area contributed by atoms with Gasteiger partial charge in [0.25, 0.3) is 0 Å². The number of piperazine rings is 1. The molecule has 1 aliphatic rings. The van der Waals surface area contributed by atoms with E-state index in [1.807, 2.05) is 29.7 Å². The molecule has 156 valence electrons. The Labute approximate surface area is 168 Å². The lowest BCUT2D eigenvalue weighted by molar-refractivity contribution is -0.137. The van der Waals surface area contributed by atoms with Gasteiger partial charge in [-0.15, -0.1) is 0 Å². The predicted octanol–water partition coefficient (Wildman–Crippen LogP) is 4.17. The van der Waals surface area contributed by atoms with Crippen LogP contribution in [0.2, 0.25) is 0 Å². The van der Waals surface area contributed by atoms with E-state index in [2.05, 4.69) is 9.97 Å². The minimum Gasteiger partial charge on any atom is -0.353 e. The molecule has 2 heterocycles. The van der Waals surface area contributed by atoms with E-state index in [4.69, 9.17) is 0 Å². The van der Waals surface area contributed by atoms with Gasteiger partial charge in [-0.1, -0.05) is 26.0 Å². The summed E-state index contributed by atoms with van der Waals surface area (Å²) in [5.41, 5.74) is 0.287. The number of alkyl halides is 3. The zero-order chi connectivity index (χ0) is 21.2. The van der Waals surface area contributed by atoms with Gasteiger partial charge in [0.15, 0.2) is 5.82 Å². The molecule has 0 spiro atoms. The lowest BCUT2D eigenvalue weighted by atomic mass is 10.1. The standard InChI is InChI=1S/C21H25F3N4O/c1-14(2)11-19(29)28-9-7-27(8-10-28)18-12-15(3)25-20(26-18)16-5-4-6-17(13-16)21(22,23)24/h4-6,12-14H,7-11H2,1-3H3. The van der Waals surface area contributed by atoms with Crippen LogP contribution in [0, 0.1) is 12.8 Å². The lowest BCUT2D eigenvalue weighted by Gasteiger charge is -2.36. The maximum Gasteiger partial charge on any atom is 0.416 e. The highest BCUT2D eigenvalue weighted by atomic mass is 19.4. The van der Waals surface area contributed by atoms with Crippen LogP contribution in [0.4, 0.5) is 19.0 Å². The molecular formula is C21H25F3N4O. The molecule has 0 unspecified atom stereocenters. The first kappa shape index (κ1) is 21.1. The van der Waals surface area contributed by atoms with Gasteiger partial charge in [-0.3, -0.25) is 4.79 Å². The third kappa shape index (κ3) is 5.25. The van der Waals surface area contributed by atoms with E-state index in [1.165, 1.54) is 6.07 Å². The summed E-state index contributed by atoms with van der Waals surface area (Å²) >= 11 is 0. The van der Waals surface area contributed by atoms with E-state index in [9.17, 15) is 18.0 Å². The number of anilines is 1. The van der Waals surface area contributed by atoms with Crippen LogP contribution in [0.5, 0.6) is 0 Å². The van der Waals surface area contributed by atoms with Crippen LogP contribution in [-0.4, -0.2) is 47.0 Å². The summed E-state index contributed by atoms with van der Waals surface area (Å²) in [6.07, 6.45) is -3.88. The monoisotopic (exact) mass is 406 g/mol. The Bertz CT molecular complexity index is 874. The number of hydrogen-bond donors (Lipinski definition) is 0. The van der Waals surface area contributed by atoms with E-state index < -0.39 is 11.7 Å². The molecule has 0 aliphatic carbocycles. The molecule has 1 saturated heterocycles. The number of aryl methyl sites for hydroxylation is 1. The maximum absolute atomic E-state index is 13.0. The van der Waals surface area contributed by atoms with Crippen LogP contribution < -0.4 is 4.90 Å². The Morgan fingerprint density at radius 1 is 1.10 bits per heavy atom. The molecule has 0 N–H and O–H groups in total. The number of carbonyl (C=O) groups is 1. The minimum atomic E-state index is -4.42. The van der Waals surface area contributed by atoms with Gasteiger partial charge in [0, 0.05) is 49.9 Å². The predicted molar refractivity (Wildman–Crippen MR) is 105 cm³/mol. The molecule has 8 heteroatoms. The zero-order valence-corrected chi connectivity index (χ0v) is 16.8. The summed E-state index contributed by atoms with van der Waals surface area (Å²) in [7, 11) is 0. The molecule has 5 nitrogen and oxygen atoms in total. The van der Waals surface area contributed by atoms with E-state index in [-0.39, 0.29) is 11.7 Å². The molecule has 1 aromatic heterocycles. The fourth-order valence-corrected chi connectivity index (χ4v) is 3.34. The molecule has 0 atom stereocenters. The number of rotatable bonds is 4. The van der Waals surface area contributed by atoms with E-state index in [0.29, 0.717) is 55.6 Å². The van der Waals surface area contributed by atoms with E-state index in [1.54, 1.807) is 13.0 Å². The Hall–Kier alpha value is -2.64. The fourth-order valence-electron chi connectivity index (χ4n) is 3.34. The summed E-state index contributed by atoms with van der Waals surface area (Å²) in [4.78, 5) is 25.0. The molecule has 1 amide bonds. The molecule has 0 saturated carbocycles. The molecule has 1 aromatic carbocycles. The average molecular weight is 406 g/mol. The van der Waals surface area contributed by atoms with Gasteiger partial charge < -0.3 is 9.80 Å². The number of carbonyl (C=O) groups excluding carboxylic acids is 1. The van der Waals surface area contributed by atoms with Crippen molar-refractivity contribution in [2.24, 2.45) is 5.92 Å². The third-order valence-electron chi connectivity index (χ3n) is 4.83. The Morgan fingerprint density at radius 3 is 2.41 bits per heavy atom. The number of aromatic nitrogens is 2. The van der Waals surface area contributed by atoms with Gasteiger partial charge in [-0.05, 0) is 25.0 Å². The van der Waals surface area contributed by atoms with Crippen LogP contribution in [-0.2, 0) is 11.0 Å². The summed E-state index contributed by atoms with van der Waals surface area (Å²) < 4.78 is 39.1. The van der Waals surface area contributed by atoms with Gasteiger partial charge in [0.05, 0.1) is 5.56 Å². The Balaban J connectivity index is 1.78. The van der Waals surface area contributed by atoms with Crippen molar-refractivity contribution in [3.05, 3.63) is 41.6 Å². The van der Waals surface area contributed by atoms with Crippen molar-refractivity contribution in [1.29, 1.82) is 0 Å². The summed E-state index contributed by atoms with van der Waals surface area (Å²) in [5.74, 6) is 1.41. The van der Waals surface area contributed by atoms with Crippen LogP contribution in [0.25, 0.3) is 11.4 Å². The van der Waals surface area contributed by atoms with E-state index in [0.717, 1.165) is 12.1 Å². The average Bonchev–Trinajstić information content (AvgIpc) is 2.66.